The predicted octanol–water partition coefficient (Wildman–Crippen LogP) is 2.46. The van der Waals surface area contributed by atoms with Crippen molar-refractivity contribution in [2.24, 2.45) is 17.8 Å². The summed E-state index contributed by atoms with van der Waals surface area (Å²) in [6.45, 7) is 1.78. The Morgan fingerprint density at radius 2 is 1.78 bits per heavy atom. The van der Waals surface area contributed by atoms with Gasteiger partial charge in [0.15, 0.2) is 0 Å². The van der Waals surface area contributed by atoms with E-state index in [0.717, 1.165) is 32.1 Å². The summed E-state index contributed by atoms with van der Waals surface area (Å²) in [5, 5.41) is 10.7. The van der Waals surface area contributed by atoms with Crippen molar-refractivity contribution >= 4 is 6.03 Å². The van der Waals surface area contributed by atoms with E-state index < -0.39 is 23.6 Å². The molecule has 0 aromatic carbocycles. The number of alkyl halides is 2. The molecular formula is C17H24F2N2O2. The molecular weight excluding hydrogens is 302 g/mol. The van der Waals surface area contributed by atoms with Crippen molar-refractivity contribution in [3.63, 3.8) is 0 Å². The second-order valence-corrected chi connectivity index (χ2v) is 9.21. The number of rotatable bonds is 1. The SMILES string of the molecule is C[C@]12CN(C3C4CC5CC3CC(O)(C5)C4)C(=O)N1CC(F)(F)C2. The first kappa shape index (κ1) is 14.4. The summed E-state index contributed by atoms with van der Waals surface area (Å²) in [5.74, 6) is -1.47. The number of carbonyl (C=O) groups excluding carboxylic acids is 1. The van der Waals surface area contributed by atoms with Crippen LogP contribution < -0.4 is 0 Å². The van der Waals surface area contributed by atoms with Crippen LogP contribution in [0.25, 0.3) is 0 Å². The van der Waals surface area contributed by atoms with Crippen molar-refractivity contribution < 1.29 is 18.7 Å². The number of nitrogens with zero attached hydrogens (tertiary/aromatic N) is 2. The lowest BCUT2D eigenvalue weighted by molar-refractivity contribution is -0.153. The standard InChI is InChI=1S/C17H24F2N2O2/c1-15-7-17(18,19)9-21(15)14(22)20(8-15)13-11-2-10-3-12(13)6-16(23,4-10)5-11/h10-13,23H,2-9H2,1H3/t10?,11?,12?,13?,15-,16?/m0/s1. The molecule has 4 nitrogen and oxygen atoms in total. The van der Waals surface area contributed by atoms with Crippen molar-refractivity contribution in [2.75, 3.05) is 13.1 Å². The van der Waals surface area contributed by atoms with Crippen LogP contribution in [0.4, 0.5) is 13.6 Å². The van der Waals surface area contributed by atoms with Crippen molar-refractivity contribution in [1.29, 1.82) is 0 Å². The molecule has 23 heavy (non-hydrogen) atoms. The number of aliphatic hydroxyl groups is 1. The fourth-order valence-electron chi connectivity index (χ4n) is 6.86. The summed E-state index contributed by atoms with van der Waals surface area (Å²) in [6.07, 6.45) is 4.41. The molecule has 0 radical (unpaired) electrons. The summed E-state index contributed by atoms with van der Waals surface area (Å²) in [4.78, 5) is 16.1. The van der Waals surface area contributed by atoms with E-state index in [1.165, 1.54) is 4.90 Å². The van der Waals surface area contributed by atoms with Crippen molar-refractivity contribution in [2.45, 2.75) is 68.6 Å². The molecule has 2 amide bonds. The molecule has 128 valence electrons. The molecule has 0 spiro atoms. The lowest BCUT2D eigenvalue weighted by atomic mass is 9.52. The fraction of sp³-hybridized carbons (Fsp3) is 0.941. The predicted molar refractivity (Wildman–Crippen MR) is 79.1 cm³/mol. The minimum atomic E-state index is -2.75. The Morgan fingerprint density at radius 1 is 1.13 bits per heavy atom. The van der Waals surface area contributed by atoms with Crippen LogP contribution in [0, 0.1) is 17.8 Å². The van der Waals surface area contributed by atoms with Crippen LogP contribution in [-0.2, 0) is 0 Å². The number of hydrogen-bond acceptors (Lipinski definition) is 2. The number of urea groups is 1. The van der Waals surface area contributed by atoms with Crippen LogP contribution in [0.5, 0.6) is 0 Å². The molecule has 4 saturated carbocycles. The van der Waals surface area contributed by atoms with Crippen LogP contribution in [0.2, 0.25) is 0 Å². The molecule has 4 bridgehead atoms. The first-order valence-electron chi connectivity index (χ1n) is 8.87. The maximum absolute atomic E-state index is 13.7. The number of hydrogen-bond donors (Lipinski definition) is 1. The molecule has 1 N–H and O–H groups in total. The van der Waals surface area contributed by atoms with Gasteiger partial charge in [-0.2, -0.15) is 0 Å². The van der Waals surface area contributed by atoms with Gasteiger partial charge < -0.3 is 14.9 Å². The van der Waals surface area contributed by atoms with Crippen molar-refractivity contribution in [3.8, 4) is 0 Å². The minimum Gasteiger partial charge on any atom is -0.390 e. The van der Waals surface area contributed by atoms with Crippen LogP contribution in [0.15, 0.2) is 0 Å². The number of carbonyl (C=O) groups is 1. The quantitative estimate of drug-likeness (QED) is 0.804. The Kier molecular flexibility index (Phi) is 2.51. The van der Waals surface area contributed by atoms with E-state index in [0.29, 0.717) is 24.3 Å². The van der Waals surface area contributed by atoms with Gasteiger partial charge in [-0.15, -0.1) is 0 Å². The lowest BCUT2D eigenvalue weighted by Crippen LogP contribution is -2.62. The average molecular weight is 326 g/mol. The third kappa shape index (κ3) is 1.87. The molecule has 0 aromatic rings. The second-order valence-electron chi connectivity index (χ2n) is 9.21. The first-order valence-corrected chi connectivity index (χ1v) is 8.87. The Morgan fingerprint density at radius 3 is 2.35 bits per heavy atom. The molecule has 4 aliphatic carbocycles. The van der Waals surface area contributed by atoms with Gasteiger partial charge in [-0.05, 0) is 56.8 Å². The van der Waals surface area contributed by atoms with Gasteiger partial charge in [-0.3, -0.25) is 0 Å². The van der Waals surface area contributed by atoms with Gasteiger partial charge in [-0.1, -0.05) is 0 Å². The van der Waals surface area contributed by atoms with E-state index in [9.17, 15) is 18.7 Å². The highest BCUT2D eigenvalue weighted by Gasteiger charge is 2.64. The Bertz CT molecular complexity index is 567. The lowest BCUT2D eigenvalue weighted by Gasteiger charge is -2.59. The molecule has 2 aliphatic heterocycles. The monoisotopic (exact) mass is 326 g/mol. The van der Waals surface area contributed by atoms with Crippen LogP contribution in [0.1, 0.15) is 45.4 Å². The smallest absolute Gasteiger partial charge is 0.321 e. The van der Waals surface area contributed by atoms with E-state index in [1.807, 2.05) is 4.90 Å². The largest absolute Gasteiger partial charge is 0.390 e. The molecule has 6 fully saturated rings. The van der Waals surface area contributed by atoms with E-state index in [2.05, 4.69) is 0 Å². The highest BCUT2D eigenvalue weighted by Crippen LogP contribution is 2.58. The molecule has 6 aliphatic rings. The van der Waals surface area contributed by atoms with Gasteiger partial charge in [-0.25, -0.2) is 13.6 Å². The van der Waals surface area contributed by atoms with Gasteiger partial charge in [0.05, 0.1) is 17.7 Å². The molecule has 2 heterocycles. The topological polar surface area (TPSA) is 43.8 Å². The van der Waals surface area contributed by atoms with E-state index in [4.69, 9.17) is 0 Å². The zero-order valence-electron chi connectivity index (χ0n) is 13.5. The number of halogens is 2. The van der Waals surface area contributed by atoms with Crippen LogP contribution in [-0.4, -0.2) is 57.1 Å². The van der Waals surface area contributed by atoms with Crippen molar-refractivity contribution in [3.05, 3.63) is 0 Å². The third-order valence-corrected chi connectivity index (χ3v) is 7.22. The Hall–Kier alpha value is -0.910. The Labute approximate surface area is 134 Å². The third-order valence-electron chi connectivity index (χ3n) is 7.22. The summed E-state index contributed by atoms with van der Waals surface area (Å²) in [5.41, 5.74) is -1.25. The van der Waals surface area contributed by atoms with E-state index in [1.54, 1.807) is 6.92 Å². The zero-order chi connectivity index (χ0) is 16.2. The van der Waals surface area contributed by atoms with Gasteiger partial charge in [0.1, 0.15) is 0 Å². The molecule has 2 unspecified atom stereocenters. The van der Waals surface area contributed by atoms with Gasteiger partial charge in [0, 0.05) is 19.0 Å². The van der Waals surface area contributed by atoms with Gasteiger partial charge in [0.2, 0.25) is 0 Å². The Balaban J connectivity index is 1.43. The maximum Gasteiger partial charge on any atom is 0.321 e. The zero-order valence-corrected chi connectivity index (χ0v) is 13.5. The summed E-state index contributed by atoms with van der Waals surface area (Å²) in [6, 6.07) is -0.0514. The summed E-state index contributed by atoms with van der Waals surface area (Å²) < 4.78 is 27.5. The maximum atomic E-state index is 13.7. The van der Waals surface area contributed by atoms with E-state index in [-0.39, 0.29) is 18.5 Å². The number of amides is 2. The summed E-state index contributed by atoms with van der Waals surface area (Å²) >= 11 is 0. The highest BCUT2D eigenvalue weighted by atomic mass is 19.3. The van der Waals surface area contributed by atoms with Crippen LogP contribution >= 0.6 is 0 Å². The van der Waals surface area contributed by atoms with Crippen LogP contribution in [0.3, 0.4) is 0 Å². The summed E-state index contributed by atoms with van der Waals surface area (Å²) in [7, 11) is 0. The van der Waals surface area contributed by atoms with Crippen molar-refractivity contribution in [1.82, 2.24) is 9.80 Å². The molecule has 6 rings (SSSR count). The molecule has 3 atom stereocenters. The molecule has 6 heteroatoms. The highest BCUT2D eigenvalue weighted by molar-refractivity contribution is 5.79. The minimum absolute atomic E-state index is 0.148. The first-order chi connectivity index (χ1) is 10.7. The average Bonchev–Trinajstić information content (AvgIpc) is 2.75. The molecule has 0 aromatic heterocycles. The number of fused-ring (bicyclic) bond motifs is 1. The van der Waals surface area contributed by atoms with E-state index >= 15 is 0 Å². The second kappa shape index (κ2) is 4.01. The van der Waals surface area contributed by atoms with Gasteiger partial charge >= 0.3 is 6.03 Å². The fourth-order valence-corrected chi connectivity index (χ4v) is 6.86. The normalized spacial score (nSPS) is 53.3. The van der Waals surface area contributed by atoms with Gasteiger partial charge in [0.25, 0.3) is 5.92 Å². The molecule has 2 saturated heterocycles.